The molecule has 0 radical (unpaired) electrons. The molecular formula is C13H23NS. The minimum absolute atomic E-state index is 0.551. The summed E-state index contributed by atoms with van der Waals surface area (Å²) in [6, 6.07) is 2.82. The first-order valence-electron chi connectivity index (χ1n) is 5.96. The average molecular weight is 225 g/mol. The third kappa shape index (κ3) is 3.32. The zero-order valence-electron chi connectivity index (χ0n) is 10.3. The molecule has 0 bridgehead atoms. The molecule has 0 aliphatic rings. The summed E-state index contributed by atoms with van der Waals surface area (Å²) in [6.07, 6.45) is 3.67. The Morgan fingerprint density at radius 1 is 1.40 bits per heavy atom. The maximum absolute atomic E-state index is 3.45. The number of hydrogen-bond donors (Lipinski definition) is 1. The van der Waals surface area contributed by atoms with Crippen molar-refractivity contribution in [1.29, 1.82) is 0 Å². The third-order valence-electron chi connectivity index (χ3n) is 3.16. The standard InChI is InChI=1S/C13H23NS/c1-5-10(3)9-12(14-4)13-11(6-2)7-8-15-13/h7-8,10,12,14H,5-6,9H2,1-4H3. The van der Waals surface area contributed by atoms with Crippen molar-refractivity contribution in [2.24, 2.45) is 5.92 Å². The van der Waals surface area contributed by atoms with Crippen LogP contribution in [0, 0.1) is 5.92 Å². The van der Waals surface area contributed by atoms with Gasteiger partial charge in [-0.3, -0.25) is 0 Å². The van der Waals surface area contributed by atoms with Crippen LogP contribution in [-0.4, -0.2) is 7.05 Å². The Labute approximate surface area is 97.9 Å². The van der Waals surface area contributed by atoms with Crippen LogP contribution in [0.4, 0.5) is 0 Å². The van der Waals surface area contributed by atoms with Crippen molar-refractivity contribution in [1.82, 2.24) is 5.32 Å². The number of aryl methyl sites for hydroxylation is 1. The van der Waals surface area contributed by atoms with Gasteiger partial charge in [0.2, 0.25) is 0 Å². The van der Waals surface area contributed by atoms with Crippen LogP contribution in [-0.2, 0) is 6.42 Å². The van der Waals surface area contributed by atoms with Gasteiger partial charge in [0, 0.05) is 10.9 Å². The van der Waals surface area contributed by atoms with E-state index in [1.165, 1.54) is 18.4 Å². The second-order valence-corrected chi connectivity index (χ2v) is 5.20. The van der Waals surface area contributed by atoms with Crippen LogP contribution in [0.2, 0.25) is 0 Å². The maximum Gasteiger partial charge on any atom is 0.0417 e. The largest absolute Gasteiger partial charge is 0.312 e. The molecule has 0 saturated heterocycles. The van der Waals surface area contributed by atoms with Gasteiger partial charge in [0.1, 0.15) is 0 Å². The van der Waals surface area contributed by atoms with Crippen LogP contribution >= 0.6 is 11.3 Å². The van der Waals surface area contributed by atoms with Crippen LogP contribution in [0.15, 0.2) is 11.4 Å². The molecule has 0 fully saturated rings. The first-order chi connectivity index (χ1) is 7.22. The summed E-state index contributed by atoms with van der Waals surface area (Å²) in [7, 11) is 2.08. The molecule has 2 heteroatoms. The van der Waals surface area contributed by atoms with E-state index in [1.807, 2.05) is 11.3 Å². The zero-order valence-corrected chi connectivity index (χ0v) is 11.2. The molecule has 0 amide bonds. The van der Waals surface area contributed by atoms with Gasteiger partial charge in [-0.1, -0.05) is 27.2 Å². The highest BCUT2D eigenvalue weighted by atomic mass is 32.1. The Balaban J connectivity index is 2.73. The Bertz CT molecular complexity index is 280. The molecule has 0 saturated carbocycles. The fraction of sp³-hybridized carbons (Fsp3) is 0.692. The van der Waals surface area contributed by atoms with Gasteiger partial charge in [0.25, 0.3) is 0 Å². The molecule has 0 aliphatic heterocycles. The van der Waals surface area contributed by atoms with Crippen molar-refractivity contribution in [2.75, 3.05) is 7.05 Å². The minimum Gasteiger partial charge on any atom is -0.312 e. The Morgan fingerprint density at radius 3 is 2.67 bits per heavy atom. The average Bonchev–Trinajstić information content (AvgIpc) is 2.73. The van der Waals surface area contributed by atoms with Crippen molar-refractivity contribution in [2.45, 2.75) is 46.1 Å². The molecular weight excluding hydrogens is 202 g/mol. The second-order valence-electron chi connectivity index (χ2n) is 4.25. The van der Waals surface area contributed by atoms with E-state index in [-0.39, 0.29) is 0 Å². The highest BCUT2D eigenvalue weighted by Gasteiger charge is 2.16. The maximum atomic E-state index is 3.45. The molecule has 0 aromatic carbocycles. The van der Waals surface area contributed by atoms with Gasteiger partial charge < -0.3 is 5.32 Å². The van der Waals surface area contributed by atoms with Gasteiger partial charge in [-0.2, -0.15) is 0 Å². The van der Waals surface area contributed by atoms with Crippen LogP contribution in [0.3, 0.4) is 0 Å². The molecule has 1 aromatic rings. The monoisotopic (exact) mass is 225 g/mol. The predicted molar refractivity (Wildman–Crippen MR) is 69.6 cm³/mol. The molecule has 1 N–H and O–H groups in total. The lowest BCUT2D eigenvalue weighted by molar-refractivity contribution is 0.424. The highest BCUT2D eigenvalue weighted by molar-refractivity contribution is 7.10. The SMILES string of the molecule is CCc1ccsc1C(CC(C)CC)NC. The number of hydrogen-bond acceptors (Lipinski definition) is 2. The Morgan fingerprint density at radius 2 is 2.13 bits per heavy atom. The summed E-state index contributed by atoms with van der Waals surface area (Å²) < 4.78 is 0. The molecule has 1 aromatic heterocycles. The highest BCUT2D eigenvalue weighted by Crippen LogP contribution is 2.30. The third-order valence-corrected chi connectivity index (χ3v) is 4.23. The van der Waals surface area contributed by atoms with Crippen molar-refractivity contribution < 1.29 is 0 Å². The van der Waals surface area contributed by atoms with Gasteiger partial charge in [0.05, 0.1) is 0 Å². The minimum atomic E-state index is 0.551. The van der Waals surface area contributed by atoms with E-state index >= 15 is 0 Å². The number of rotatable bonds is 6. The van der Waals surface area contributed by atoms with Crippen LogP contribution < -0.4 is 5.32 Å². The lowest BCUT2D eigenvalue weighted by Crippen LogP contribution is -2.18. The van der Waals surface area contributed by atoms with Gasteiger partial charge in [-0.05, 0) is 42.8 Å². The quantitative estimate of drug-likeness (QED) is 0.771. The van der Waals surface area contributed by atoms with Crippen molar-refractivity contribution >= 4 is 11.3 Å². The van der Waals surface area contributed by atoms with Crippen molar-refractivity contribution in [3.8, 4) is 0 Å². The summed E-state index contributed by atoms with van der Waals surface area (Å²) in [5, 5.41) is 5.67. The number of nitrogens with one attached hydrogen (secondary N) is 1. The summed E-state index contributed by atoms with van der Waals surface area (Å²) in [6.45, 7) is 6.84. The molecule has 86 valence electrons. The van der Waals surface area contributed by atoms with E-state index in [0.29, 0.717) is 6.04 Å². The molecule has 2 unspecified atom stereocenters. The van der Waals surface area contributed by atoms with E-state index in [4.69, 9.17) is 0 Å². The fourth-order valence-corrected chi connectivity index (χ4v) is 2.99. The molecule has 1 rings (SSSR count). The first kappa shape index (κ1) is 12.7. The van der Waals surface area contributed by atoms with E-state index in [9.17, 15) is 0 Å². The van der Waals surface area contributed by atoms with Crippen LogP contribution in [0.25, 0.3) is 0 Å². The fourth-order valence-electron chi connectivity index (χ4n) is 1.87. The Hall–Kier alpha value is -0.340. The number of thiophene rings is 1. The summed E-state index contributed by atoms with van der Waals surface area (Å²) in [5.74, 6) is 0.800. The molecule has 0 aliphatic carbocycles. The molecule has 15 heavy (non-hydrogen) atoms. The van der Waals surface area contributed by atoms with Crippen LogP contribution in [0.5, 0.6) is 0 Å². The van der Waals surface area contributed by atoms with E-state index < -0.39 is 0 Å². The molecule has 2 atom stereocenters. The van der Waals surface area contributed by atoms with E-state index in [1.54, 1.807) is 4.88 Å². The van der Waals surface area contributed by atoms with Gasteiger partial charge in [-0.15, -0.1) is 11.3 Å². The first-order valence-corrected chi connectivity index (χ1v) is 6.84. The normalized spacial score (nSPS) is 15.2. The zero-order chi connectivity index (χ0) is 11.3. The van der Waals surface area contributed by atoms with E-state index in [0.717, 1.165) is 12.3 Å². The lowest BCUT2D eigenvalue weighted by Gasteiger charge is -2.20. The smallest absolute Gasteiger partial charge is 0.0417 e. The predicted octanol–water partition coefficient (Wildman–Crippen LogP) is 4.01. The summed E-state index contributed by atoms with van der Waals surface area (Å²) in [4.78, 5) is 1.54. The molecule has 1 nitrogen and oxygen atoms in total. The Kier molecular flexibility index (Phi) is 5.34. The van der Waals surface area contributed by atoms with Crippen molar-refractivity contribution in [3.05, 3.63) is 21.9 Å². The van der Waals surface area contributed by atoms with Crippen molar-refractivity contribution in [3.63, 3.8) is 0 Å². The van der Waals surface area contributed by atoms with Gasteiger partial charge in [-0.25, -0.2) is 0 Å². The topological polar surface area (TPSA) is 12.0 Å². The van der Waals surface area contributed by atoms with Gasteiger partial charge >= 0.3 is 0 Å². The van der Waals surface area contributed by atoms with Gasteiger partial charge in [0.15, 0.2) is 0 Å². The summed E-state index contributed by atoms with van der Waals surface area (Å²) in [5.41, 5.74) is 1.52. The second kappa shape index (κ2) is 6.29. The summed E-state index contributed by atoms with van der Waals surface area (Å²) >= 11 is 1.90. The molecule has 1 heterocycles. The lowest BCUT2D eigenvalue weighted by atomic mass is 9.96. The van der Waals surface area contributed by atoms with E-state index in [2.05, 4.69) is 44.6 Å². The molecule has 0 spiro atoms. The van der Waals surface area contributed by atoms with Crippen LogP contribution in [0.1, 0.15) is 50.1 Å².